The lowest BCUT2D eigenvalue weighted by molar-refractivity contribution is 0.216. The van der Waals surface area contributed by atoms with Gasteiger partial charge in [0.05, 0.1) is 20.3 Å². The molecule has 2 heterocycles. The van der Waals surface area contributed by atoms with Crippen LogP contribution in [0.2, 0.25) is 0 Å². The van der Waals surface area contributed by atoms with E-state index in [4.69, 9.17) is 9.47 Å². The minimum Gasteiger partial charge on any atom is -0.497 e. The molecule has 1 aromatic heterocycles. The Balaban J connectivity index is 1.76. The number of nitrogens with zero attached hydrogens (tertiary/aromatic N) is 2. The number of hydrogen-bond acceptors (Lipinski definition) is 3. The molecule has 28 heavy (non-hydrogen) atoms. The van der Waals surface area contributed by atoms with Crippen molar-refractivity contribution >= 4 is 0 Å². The number of rotatable bonds is 5. The Morgan fingerprint density at radius 2 is 1.89 bits per heavy atom. The number of ether oxygens (including phenoxy) is 2. The standard InChI is InChI=1S/C23H25FN2O2/c1-27-20-9-10-22(28-2)18(15-20)16-26-13-5-12-25-11-4-8-21(25)23(26)17-6-3-7-19(24)14-17/h3-4,6-11,14-15,23H,5,12-13,16H2,1-2H3/t23-/m0/s1. The van der Waals surface area contributed by atoms with Gasteiger partial charge in [0, 0.05) is 37.1 Å². The van der Waals surface area contributed by atoms with Crippen LogP contribution in [0.1, 0.15) is 29.3 Å². The minimum absolute atomic E-state index is 0.0240. The van der Waals surface area contributed by atoms with Crippen LogP contribution < -0.4 is 9.47 Å². The minimum atomic E-state index is -0.209. The maximum Gasteiger partial charge on any atom is 0.123 e. The van der Waals surface area contributed by atoms with Crippen molar-refractivity contribution < 1.29 is 13.9 Å². The second kappa shape index (κ2) is 8.07. The molecule has 2 aromatic carbocycles. The molecule has 1 aliphatic rings. The molecule has 0 saturated carbocycles. The van der Waals surface area contributed by atoms with Gasteiger partial charge in [-0.1, -0.05) is 12.1 Å². The second-order valence-electron chi connectivity index (χ2n) is 7.09. The first-order chi connectivity index (χ1) is 13.7. The third-order valence-corrected chi connectivity index (χ3v) is 5.38. The number of halogens is 1. The van der Waals surface area contributed by atoms with E-state index in [1.807, 2.05) is 24.3 Å². The third-order valence-electron chi connectivity index (χ3n) is 5.38. The van der Waals surface area contributed by atoms with Gasteiger partial charge < -0.3 is 14.0 Å². The summed E-state index contributed by atoms with van der Waals surface area (Å²) in [6.07, 6.45) is 3.14. The van der Waals surface area contributed by atoms with E-state index in [1.54, 1.807) is 26.4 Å². The van der Waals surface area contributed by atoms with Crippen LogP contribution in [0.15, 0.2) is 60.8 Å². The van der Waals surface area contributed by atoms with Gasteiger partial charge in [0.1, 0.15) is 17.3 Å². The van der Waals surface area contributed by atoms with Crippen molar-refractivity contribution in [3.63, 3.8) is 0 Å². The van der Waals surface area contributed by atoms with Crippen molar-refractivity contribution in [1.82, 2.24) is 9.47 Å². The Bertz CT molecular complexity index is 953. The Morgan fingerprint density at radius 3 is 2.68 bits per heavy atom. The quantitative estimate of drug-likeness (QED) is 0.645. The average molecular weight is 380 g/mol. The van der Waals surface area contributed by atoms with Gasteiger partial charge >= 0.3 is 0 Å². The van der Waals surface area contributed by atoms with Crippen molar-refractivity contribution in [2.24, 2.45) is 0 Å². The van der Waals surface area contributed by atoms with Gasteiger partial charge in [-0.05, 0) is 54.4 Å². The smallest absolute Gasteiger partial charge is 0.123 e. The van der Waals surface area contributed by atoms with E-state index in [2.05, 4.69) is 27.8 Å². The number of aromatic nitrogens is 1. The summed E-state index contributed by atoms with van der Waals surface area (Å²) in [7, 11) is 3.35. The van der Waals surface area contributed by atoms with E-state index < -0.39 is 0 Å². The fraction of sp³-hybridized carbons (Fsp3) is 0.304. The van der Waals surface area contributed by atoms with Crippen molar-refractivity contribution in [2.45, 2.75) is 25.6 Å². The van der Waals surface area contributed by atoms with Gasteiger partial charge in [0.25, 0.3) is 0 Å². The predicted octanol–water partition coefficient (Wildman–Crippen LogP) is 4.64. The Hall–Kier alpha value is -2.79. The Labute approximate surface area is 165 Å². The molecule has 0 spiro atoms. The average Bonchev–Trinajstić information content (AvgIpc) is 3.09. The summed E-state index contributed by atoms with van der Waals surface area (Å²) in [6, 6.07) is 17.0. The summed E-state index contributed by atoms with van der Waals surface area (Å²) >= 11 is 0. The molecule has 1 atom stereocenters. The molecule has 0 saturated heterocycles. The number of hydrogen-bond donors (Lipinski definition) is 0. The lowest BCUT2D eigenvalue weighted by Crippen LogP contribution is -2.29. The summed E-state index contributed by atoms with van der Waals surface area (Å²) < 4.78 is 27.3. The maximum absolute atomic E-state index is 14.0. The molecule has 0 unspecified atom stereocenters. The zero-order valence-corrected chi connectivity index (χ0v) is 16.3. The predicted molar refractivity (Wildman–Crippen MR) is 107 cm³/mol. The van der Waals surface area contributed by atoms with Crippen molar-refractivity contribution in [3.8, 4) is 11.5 Å². The summed E-state index contributed by atoms with van der Waals surface area (Å²) in [5.74, 6) is 1.42. The zero-order valence-electron chi connectivity index (χ0n) is 16.3. The van der Waals surface area contributed by atoms with Crippen LogP contribution in [0.5, 0.6) is 11.5 Å². The molecule has 4 nitrogen and oxygen atoms in total. The highest BCUT2D eigenvalue weighted by molar-refractivity contribution is 5.41. The highest BCUT2D eigenvalue weighted by Gasteiger charge is 2.28. The fourth-order valence-electron chi connectivity index (χ4n) is 4.09. The fourth-order valence-corrected chi connectivity index (χ4v) is 4.09. The SMILES string of the molecule is COc1ccc(OC)c(CN2CCCn3cccc3[C@@H]2c2cccc(F)c2)c1. The largest absolute Gasteiger partial charge is 0.497 e. The molecule has 146 valence electrons. The maximum atomic E-state index is 14.0. The molecule has 0 bridgehead atoms. The molecule has 1 aliphatic heterocycles. The molecule has 5 heteroatoms. The van der Waals surface area contributed by atoms with Crippen LogP contribution in [0.3, 0.4) is 0 Å². The monoisotopic (exact) mass is 380 g/mol. The van der Waals surface area contributed by atoms with Crippen LogP contribution in [0.25, 0.3) is 0 Å². The highest BCUT2D eigenvalue weighted by atomic mass is 19.1. The van der Waals surface area contributed by atoms with Crippen LogP contribution in [-0.4, -0.2) is 30.2 Å². The molecule has 0 N–H and O–H groups in total. The normalized spacial score (nSPS) is 17.0. The van der Waals surface area contributed by atoms with Gasteiger partial charge in [-0.15, -0.1) is 0 Å². The van der Waals surface area contributed by atoms with Crippen molar-refractivity contribution in [1.29, 1.82) is 0 Å². The number of aryl methyl sites for hydroxylation is 1. The van der Waals surface area contributed by atoms with Crippen LogP contribution in [0, 0.1) is 5.82 Å². The van der Waals surface area contributed by atoms with Gasteiger partial charge in [-0.3, -0.25) is 4.90 Å². The summed E-state index contributed by atoms with van der Waals surface area (Å²) in [5, 5.41) is 0. The van der Waals surface area contributed by atoms with E-state index in [1.165, 1.54) is 11.8 Å². The first kappa shape index (κ1) is 18.6. The first-order valence-corrected chi connectivity index (χ1v) is 9.55. The van der Waals surface area contributed by atoms with Gasteiger partial charge in [-0.2, -0.15) is 0 Å². The molecule has 0 amide bonds. The Morgan fingerprint density at radius 1 is 1.00 bits per heavy atom. The van der Waals surface area contributed by atoms with Gasteiger partial charge in [0.15, 0.2) is 0 Å². The van der Waals surface area contributed by atoms with E-state index in [0.29, 0.717) is 6.54 Å². The summed E-state index contributed by atoms with van der Waals surface area (Å²) in [4.78, 5) is 2.39. The molecule has 0 fully saturated rings. The van der Waals surface area contributed by atoms with E-state index in [0.717, 1.165) is 42.1 Å². The lowest BCUT2D eigenvalue weighted by atomic mass is 10.0. The van der Waals surface area contributed by atoms with Crippen LogP contribution in [-0.2, 0) is 13.1 Å². The second-order valence-corrected chi connectivity index (χ2v) is 7.09. The van der Waals surface area contributed by atoms with Crippen molar-refractivity contribution in [3.05, 3.63) is 83.4 Å². The van der Waals surface area contributed by atoms with Crippen LogP contribution >= 0.6 is 0 Å². The van der Waals surface area contributed by atoms with Gasteiger partial charge in [0.2, 0.25) is 0 Å². The van der Waals surface area contributed by atoms with E-state index >= 15 is 0 Å². The van der Waals surface area contributed by atoms with E-state index in [-0.39, 0.29) is 11.9 Å². The topological polar surface area (TPSA) is 26.6 Å². The Kier molecular flexibility index (Phi) is 5.35. The first-order valence-electron chi connectivity index (χ1n) is 9.55. The molecular weight excluding hydrogens is 355 g/mol. The van der Waals surface area contributed by atoms with Gasteiger partial charge in [-0.25, -0.2) is 4.39 Å². The molecule has 4 rings (SSSR count). The third kappa shape index (κ3) is 3.62. The summed E-state index contributed by atoms with van der Waals surface area (Å²) in [5.41, 5.74) is 3.21. The highest BCUT2D eigenvalue weighted by Crippen LogP contribution is 2.35. The lowest BCUT2D eigenvalue weighted by Gasteiger charge is -2.31. The molecule has 0 aliphatic carbocycles. The summed E-state index contributed by atoms with van der Waals surface area (Å²) in [6.45, 7) is 2.55. The van der Waals surface area contributed by atoms with Crippen LogP contribution in [0.4, 0.5) is 4.39 Å². The number of methoxy groups -OCH3 is 2. The molecule has 0 radical (unpaired) electrons. The number of benzene rings is 2. The zero-order chi connectivity index (χ0) is 19.5. The van der Waals surface area contributed by atoms with Crippen molar-refractivity contribution in [2.75, 3.05) is 20.8 Å². The van der Waals surface area contributed by atoms with E-state index in [9.17, 15) is 4.39 Å². The number of fused-ring (bicyclic) bond motifs is 1. The molecule has 3 aromatic rings. The molecular formula is C23H25FN2O2.